The molecule has 8 nitrogen and oxygen atoms in total. The van der Waals surface area contributed by atoms with Gasteiger partial charge in [0.1, 0.15) is 11.4 Å². The molecule has 1 aromatic heterocycles. The number of carbonyl (C=O) groups excluding carboxylic acids is 1. The van der Waals surface area contributed by atoms with Gasteiger partial charge in [-0.05, 0) is 32.9 Å². The Balaban J connectivity index is 1.97. The Labute approximate surface area is 145 Å². The van der Waals surface area contributed by atoms with Crippen LogP contribution >= 0.6 is 0 Å². The maximum Gasteiger partial charge on any atom is 0.320 e. The number of aromatic hydroxyl groups is 1. The molecule has 2 rings (SSSR count). The number of H-pyrrole nitrogens is 1. The molecule has 0 fully saturated rings. The highest BCUT2D eigenvalue weighted by atomic mass is 16.6. The van der Waals surface area contributed by atoms with Gasteiger partial charge in [0.05, 0.1) is 12.2 Å². The van der Waals surface area contributed by atoms with Crippen LogP contribution in [0.25, 0.3) is 0 Å². The first-order valence-electron chi connectivity index (χ1n) is 7.80. The van der Waals surface area contributed by atoms with Crippen LogP contribution in [0.1, 0.15) is 26.5 Å². The van der Waals surface area contributed by atoms with Crippen molar-refractivity contribution < 1.29 is 14.6 Å². The highest BCUT2D eigenvalue weighted by Crippen LogP contribution is 2.17. The molecule has 0 aliphatic rings. The van der Waals surface area contributed by atoms with Gasteiger partial charge in [-0.3, -0.25) is 14.6 Å². The number of rotatable bonds is 6. The lowest BCUT2D eigenvalue weighted by Crippen LogP contribution is -2.31. The van der Waals surface area contributed by atoms with Crippen LogP contribution in [0.15, 0.2) is 35.1 Å². The minimum absolute atomic E-state index is 0.0149. The first-order valence-corrected chi connectivity index (χ1v) is 7.80. The average molecular weight is 346 g/mol. The Morgan fingerprint density at radius 1 is 1.32 bits per heavy atom. The normalized spacial score (nSPS) is 11.2. The lowest BCUT2D eigenvalue weighted by atomic mass is 10.2. The highest BCUT2D eigenvalue weighted by molar-refractivity contribution is 5.72. The topological polar surface area (TPSA) is 116 Å². The fourth-order valence-electron chi connectivity index (χ4n) is 2.05. The molecule has 0 aliphatic heterocycles. The molecule has 0 atom stereocenters. The Morgan fingerprint density at radius 2 is 2.08 bits per heavy atom. The number of nitrogens with one attached hydrogen (secondary N) is 3. The van der Waals surface area contributed by atoms with E-state index >= 15 is 0 Å². The van der Waals surface area contributed by atoms with Crippen LogP contribution in [0.2, 0.25) is 0 Å². The molecule has 0 spiro atoms. The predicted molar refractivity (Wildman–Crippen MR) is 93.8 cm³/mol. The average Bonchev–Trinajstić information content (AvgIpc) is 2.44. The Bertz CT molecular complexity index is 796. The van der Waals surface area contributed by atoms with Crippen molar-refractivity contribution in [3.8, 4) is 5.75 Å². The van der Waals surface area contributed by atoms with Crippen LogP contribution < -0.4 is 16.2 Å². The summed E-state index contributed by atoms with van der Waals surface area (Å²) < 4.78 is 5.19. The van der Waals surface area contributed by atoms with Crippen LogP contribution in [0.5, 0.6) is 5.75 Å². The number of phenolic OH excluding ortho intramolecular Hbond substituents is 1. The van der Waals surface area contributed by atoms with E-state index in [2.05, 4.69) is 20.6 Å². The number of esters is 1. The molecule has 0 saturated carbocycles. The summed E-state index contributed by atoms with van der Waals surface area (Å²) in [6.07, 6.45) is 0. The van der Waals surface area contributed by atoms with Crippen molar-refractivity contribution in [3.05, 3.63) is 46.4 Å². The van der Waals surface area contributed by atoms with E-state index in [0.29, 0.717) is 11.4 Å². The van der Waals surface area contributed by atoms with Gasteiger partial charge in [0.15, 0.2) is 0 Å². The Kier molecular flexibility index (Phi) is 5.76. The van der Waals surface area contributed by atoms with Crippen LogP contribution in [-0.4, -0.2) is 33.2 Å². The van der Waals surface area contributed by atoms with Crippen molar-refractivity contribution in [2.24, 2.45) is 0 Å². The number of nitrogens with zero attached hydrogens (tertiary/aromatic N) is 1. The van der Waals surface area contributed by atoms with Gasteiger partial charge in [0, 0.05) is 24.4 Å². The number of phenols is 1. The Hall–Kier alpha value is -2.87. The minimum atomic E-state index is -0.542. The monoisotopic (exact) mass is 346 g/mol. The molecular weight excluding hydrogens is 324 g/mol. The van der Waals surface area contributed by atoms with E-state index in [-0.39, 0.29) is 36.3 Å². The van der Waals surface area contributed by atoms with E-state index in [1.807, 2.05) is 0 Å². The first kappa shape index (κ1) is 18.5. The fraction of sp³-hybridized carbons (Fsp3) is 0.353. The van der Waals surface area contributed by atoms with E-state index in [9.17, 15) is 14.7 Å². The van der Waals surface area contributed by atoms with Crippen molar-refractivity contribution in [1.82, 2.24) is 15.3 Å². The SMILES string of the molecule is CC(C)(C)OC(=O)CNCc1cc(=O)[nH]c(Nc2cccc(O)c2)n1. The van der Waals surface area contributed by atoms with Crippen molar-refractivity contribution in [1.29, 1.82) is 0 Å². The Morgan fingerprint density at radius 3 is 2.76 bits per heavy atom. The standard InChI is InChI=1S/C17H22N4O4/c1-17(2,3)25-15(24)10-18-9-12-8-14(23)21-16(20-12)19-11-5-4-6-13(22)7-11/h4-8,18,22H,9-10H2,1-3H3,(H2,19,20,21,23). The van der Waals surface area contributed by atoms with Crippen molar-refractivity contribution in [3.63, 3.8) is 0 Å². The molecule has 0 bridgehead atoms. The summed E-state index contributed by atoms with van der Waals surface area (Å²) in [4.78, 5) is 30.2. The van der Waals surface area contributed by atoms with E-state index < -0.39 is 5.60 Å². The quantitative estimate of drug-likeness (QED) is 0.588. The van der Waals surface area contributed by atoms with Crippen molar-refractivity contribution in [2.75, 3.05) is 11.9 Å². The van der Waals surface area contributed by atoms with E-state index in [4.69, 9.17) is 4.74 Å². The van der Waals surface area contributed by atoms with E-state index in [1.54, 1.807) is 39.0 Å². The zero-order valence-corrected chi connectivity index (χ0v) is 14.4. The number of carbonyl (C=O) groups is 1. The van der Waals surface area contributed by atoms with Crippen molar-refractivity contribution >= 4 is 17.6 Å². The van der Waals surface area contributed by atoms with Crippen molar-refractivity contribution in [2.45, 2.75) is 32.9 Å². The van der Waals surface area contributed by atoms with Gasteiger partial charge in [0.2, 0.25) is 5.95 Å². The molecule has 8 heteroatoms. The maximum absolute atomic E-state index is 11.7. The third-order valence-corrected chi connectivity index (χ3v) is 2.90. The highest BCUT2D eigenvalue weighted by Gasteiger charge is 2.15. The van der Waals surface area contributed by atoms with Gasteiger partial charge < -0.3 is 20.5 Å². The number of aromatic nitrogens is 2. The zero-order chi connectivity index (χ0) is 18.4. The van der Waals surface area contributed by atoms with Gasteiger partial charge in [-0.25, -0.2) is 4.98 Å². The number of aromatic amines is 1. The molecule has 1 heterocycles. The predicted octanol–water partition coefficient (Wildman–Crippen LogP) is 1.65. The first-order chi connectivity index (χ1) is 11.7. The van der Waals surface area contributed by atoms with Gasteiger partial charge in [-0.1, -0.05) is 6.07 Å². The molecule has 1 aromatic carbocycles. The number of hydrogen-bond donors (Lipinski definition) is 4. The summed E-state index contributed by atoms with van der Waals surface area (Å²) in [5.41, 5.74) is 0.183. The molecule has 4 N–H and O–H groups in total. The summed E-state index contributed by atoms with van der Waals surface area (Å²) in [6.45, 7) is 5.63. The second-order valence-corrected chi connectivity index (χ2v) is 6.45. The largest absolute Gasteiger partial charge is 0.508 e. The van der Waals surface area contributed by atoms with E-state index in [0.717, 1.165) is 0 Å². The third kappa shape index (κ3) is 6.64. The smallest absolute Gasteiger partial charge is 0.320 e. The summed E-state index contributed by atoms with van der Waals surface area (Å²) in [6, 6.07) is 7.79. The fourth-order valence-corrected chi connectivity index (χ4v) is 2.05. The summed E-state index contributed by atoms with van der Waals surface area (Å²) in [5, 5.41) is 15.3. The van der Waals surface area contributed by atoms with Crippen LogP contribution in [0, 0.1) is 0 Å². The van der Waals surface area contributed by atoms with Crippen LogP contribution in [0.3, 0.4) is 0 Å². The molecular formula is C17H22N4O4. The molecule has 134 valence electrons. The van der Waals surface area contributed by atoms with Crippen LogP contribution in [0.4, 0.5) is 11.6 Å². The molecule has 0 saturated heterocycles. The summed E-state index contributed by atoms with van der Waals surface area (Å²) in [5.74, 6) is -0.0369. The van der Waals surface area contributed by atoms with Gasteiger partial charge in [-0.2, -0.15) is 0 Å². The molecule has 0 unspecified atom stereocenters. The van der Waals surface area contributed by atoms with Crippen LogP contribution in [-0.2, 0) is 16.1 Å². The molecule has 2 aromatic rings. The molecule has 0 radical (unpaired) electrons. The van der Waals surface area contributed by atoms with E-state index in [1.165, 1.54) is 12.1 Å². The molecule has 25 heavy (non-hydrogen) atoms. The minimum Gasteiger partial charge on any atom is -0.508 e. The van der Waals surface area contributed by atoms with Gasteiger partial charge >= 0.3 is 5.97 Å². The molecule has 0 amide bonds. The second-order valence-electron chi connectivity index (χ2n) is 6.45. The summed E-state index contributed by atoms with van der Waals surface area (Å²) >= 11 is 0. The second kappa shape index (κ2) is 7.80. The zero-order valence-electron chi connectivity index (χ0n) is 14.4. The lowest BCUT2D eigenvalue weighted by Gasteiger charge is -2.19. The lowest BCUT2D eigenvalue weighted by molar-refractivity contribution is -0.153. The summed E-state index contributed by atoms with van der Waals surface area (Å²) in [7, 11) is 0. The van der Waals surface area contributed by atoms with Gasteiger partial charge in [0.25, 0.3) is 5.56 Å². The number of hydrogen-bond acceptors (Lipinski definition) is 7. The third-order valence-electron chi connectivity index (χ3n) is 2.90. The number of anilines is 2. The molecule has 0 aliphatic carbocycles. The van der Waals surface area contributed by atoms with Gasteiger partial charge in [-0.15, -0.1) is 0 Å². The number of ether oxygens (including phenoxy) is 1. The maximum atomic E-state index is 11.7. The number of benzene rings is 1.